The summed E-state index contributed by atoms with van der Waals surface area (Å²) < 4.78 is 4.56. The first-order chi connectivity index (χ1) is 6.27. The fourth-order valence-electron chi connectivity index (χ4n) is 1.00. The third-order valence-corrected chi connectivity index (χ3v) is 1.60. The Bertz CT molecular complexity index is 303. The molecule has 0 unspecified atom stereocenters. The second-order valence-electron chi connectivity index (χ2n) is 2.50. The van der Waals surface area contributed by atoms with Gasteiger partial charge in [-0.25, -0.2) is 10.7 Å². The molecule has 13 heavy (non-hydrogen) atoms. The van der Waals surface area contributed by atoms with Crippen LogP contribution in [0.25, 0.3) is 0 Å². The van der Waals surface area contributed by atoms with Gasteiger partial charge in [0.15, 0.2) is 0 Å². The molecular weight excluding hydrogens is 169 g/mol. The van der Waals surface area contributed by atoms with Crippen molar-refractivity contribution < 1.29 is 14.3 Å². The molecule has 0 radical (unpaired) electrons. The Morgan fingerprint density at radius 3 is 2.92 bits per heavy atom. The summed E-state index contributed by atoms with van der Waals surface area (Å²) in [5.41, 5.74) is 1.34. The minimum Gasteiger partial charge on any atom is -0.540 e. The Labute approximate surface area is 77.0 Å². The molecule has 68 valence electrons. The lowest BCUT2D eigenvalue weighted by molar-refractivity contribution is 0.0749. The van der Waals surface area contributed by atoms with Gasteiger partial charge in [0.05, 0.1) is 12.2 Å². The molecule has 0 aromatic heterocycles. The van der Waals surface area contributed by atoms with Crippen LogP contribution in [0.1, 0.15) is 15.9 Å². The van der Waals surface area contributed by atoms with Crippen LogP contribution in [0.2, 0.25) is 0 Å². The summed E-state index contributed by atoms with van der Waals surface area (Å²) in [7, 11) is 1.34. The highest BCUT2D eigenvalue weighted by Crippen LogP contribution is 2.06. The standard InChI is InChI=1S/C8H10BNO3/c9-13-8(11)7-3-1-2-6(4-7)5-12-10/h1-4H,5,9-10H2. The van der Waals surface area contributed by atoms with Crippen LogP contribution in [0.5, 0.6) is 0 Å². The van der Waals surface area contributed by atoms with E-state index in [0.29, 0.717) is 5.56 Å². The van der Waals surface area contributed by atoms with Gasteiger partial charge in [0, 0.05) is 0 Å². The normalized spacial score (nSPS) is 9.62. The van der Waals surface area contributed by atoms with Gasteiger partial charge in [-0.1, -0.05) is 12.1 Å². The molecule has 1 aromatic carbocycles. The molecule has 5 heteroatoms. The van der Waals surface area contributed by atoms with E-state index < -0.39 is 0 Å². The van der Waals surface area contributed by atoms with E-state index in [0.717, 1.165) is 5.56 Å². The molecule has 4 nitrogen and oxygen atoms in total. The Morgan fingerprint density at radius 2 is 2.31 bits per heavy atom. The third-order valence-electron chi connectivity index (χ3n) is 1.60. The second kappa shape index (κ2) is 4.64. The number of rotatable bonds is 3. The molecule has 0 heterocycles. The van der Waals surface area contributed by atoms with Gasteiger partial charge in [-0.05, 0) is 17.7 Å². The lowest BCUT2D eigenvalue weighted by Gasteiger charge is -2.02. The Kier molecular flexibility index (Phi) is 3.48. The fraction of sp³-hybridized carbons (Fsp3) is 0.125. The summed E-state index contributed by atoms with van der Waals surface area (Å²) in [6.07, 6.45) is 0. The Hall–Kier alpha value is -1.33. The number of hydrogen-bond donors (Lipinski definition) is 1. The molecule has 0 aliphatic rings. The SMILES string of the molecule is BOC(=O)c1cccc(CON)c1. The molecule has 2 N–H and O–H groups in total. The topological polar surface area (TPSA) is 61.5 Å². The van der Waals surface area contributed by atoms with Crippen molar-refractivity contribution >= 4 is 14.0 Å². The summed E-state index contributed by atoms with van der Waals surface area (Å²) in [5.74, 6) is 4.54. The first kappa shape index (κ1) is 9.76. The quantitative estimate of drug-likeness (QED) is 0.514. The van der Waals surface area contributed by atoms with Crippen LogP contribution in [0.15, 0.2) is 24.3 Å². The van der Waals surface area contributed by atoms with Crippen LogP contribution >= 0.6 is 0 Å². The number of carbonyl (C=O) groups excluding carboxylic acids is 1. The predicted molar refractivity (Wildman–Crippen MR) is 49.4 cm³/mol. The van der Waals surface area contributed by atoms with Crippen LogP contribution < -0.4 is 5.90 Å². The maximum absolute atomic E-state index is 11.1. The Morgan fingerprint density at radius 1 is 1.54 bits per heavy atom. The molecule has 0 atom stereocenters. The van der Waals surface area contributed by atoms with Crippen molar-refractivity contribution in [2.45, 2.75) is 6.61 Å². The highest BCUT2D eigenvalue weighted by molar-refractivity contribution is 6.09. The highest BCUT2D eigenvalue weighted by atomic mass is 16.6. The largest absolute Gasteiger partial charge is 0.540 e. The molecule has 0 aliphatic carbocycles. The van der Waals surface area contributed by atoms with Gasteiger partial charge in [-0.2, -0.15) is 0 Å². The van der Waals surface area contributed by atoms with E-state index in [2.05, 4.69) is 9.49 Å². The number of carbonyl (C=O) groups is 1. The second-order valence-corrected chi connectivity index (χ2v) is 2.50. The van der Waals surface area contributed by atoms with E-state index in [9.17, 15) is 4.79 Å². The number of hydrogen-bond acceptors (Lipinski definition) is 4. The first-order valence-corrected chi connectivity index (χ1v) is 3.77. The van der Waals surface area contributed by atoms with Crippen LogP contribution in [0, 0.1) is 0 Å². The number of nitrogens with two attached hydrogens (primary N) is 1. The van der Waals surface area contributed by atoms with Crippen LogP contribution in [0.3, 0.4) is 0 Å². The zero-order chi connectivity index (χ0) is 9.68. The van der Waals surface area contributed by atoms with Gasteiger partial charge in [0.1, 0.15) is 0 Å². The lowest BCUT2D eigenvalue weighted by Crippen LogP contribution is -2.04. The zero-order valence-corrected chi connectivity index (χ0v) is 7.32. The van der Waals surface area contributed by atoms with Gasteiger partial charge >= 0.3 is 14.0 Å². The molecule has 0 saturated heterocycles. The van der Waals surface area contributed by atoms with Crippen molar-refractivity contribution in [2.75, 3.05) is 0 Å². The van der Waals surface area contributed by atoms with Gasteiger partial charge in [-0.3, -0.25) is 4.84 Å². The van der Waals surface area contributed by atoms with Crippen LogP contribution in [-0.4, -0.2) is 14.0 Å². The molecule has 0 saturated carbocycles. The van der Waals surface area contributed by atoms with Crippen molar-refractivity contribution in [3.8, 4) is 0 Å². The Balaban J connectivity index is 2.85. The predicted octanol–water partition coefficient (Wildman–Crippen LogP) is -0.218. The average molecular weight is 179 g/mol. The average Bonchev–Trinajstić information content (AvgIpc) is 2.18. The van der Waals surface area contributed by atoms with Crippen molar-refractivity contribution in [1.29, 1.82) is 0 Å². The molecule has 0 bridgehead atoms. The third kappa shape index (κ3) is 2.57. The van der Waals surface area contributed by atoms with Gasteiger partial charge in [-0.15, -0.1) is 0 Å². The van der Waals surface area contributed by atoms with E-state index in [-0.39, 0.29) is 12.6 Å². The first-order valence-electron chi connectivity index (χ1n) is 3.77. The van der Waals surface area contributed by atoms with Crippen LogP contribution in [-0.2, 0) is 16.1 Å². The highest BCUT2D eigenvalue weighted by Gasteiger charge is 2.04. The molecule has 0 amide bonds. The number of benzene rings is 1. The molecule has 1 aromatic rings. The zero-order valence-electron chi connectivity index (χ0n) is 7.32. The van der Waals surface area contributed by atoms with Crippen molar-refractivity contribution in [1.82, 2.24) is 0 Å². The van der Waals surface area contributed by atoms with Crippen molar-refractivity contribution in [3.05, 3.63) is 35.4 Å². The maximum atomic E-state index is 11.1. The summed E-state index contributed by atoms with van der Waals surface area (Å²) in [6, 6.07) is 6.92. The summed E-state index contributed by atoms with van der Waals surface area (Å²) in [5, 5.41) is 0. The fourth-order valence-corrected chi connectivity index (χ4v) is 1.00. The van der Waals surface area contributed by atoms with E-state index in [1.54, 1.807) is 18.2 Å². The van der Waals surface area contributed by atoms with E-state index in [1.165, 1.54) is 8.05 Å². The lowest BCUT2D eigenvalue weighted by atomic mass is 10.1. The van der Waals surface area contributed by atoms with Gasteiger partial charge < -0.3 is 4.65 Å². The van der Waals surface area contributed by atoms with Gasteiger partial charge in [0.2, 0.25) is 0 Å². The minimum atomic E-state index is -0.362. The molecule has 0 spiro atoms. The van der Waals surface area contributed by atoms with Gasteiger partial charge in [0.25, 0.3) is 0 Å². The van der Waals surface area contributed by atoms with E-state index >= 15 is 0 Å². The van der Waals surface area contributed by atoms with E-state index in [1.807, 2.05) is 6.07 Å². The van der Waals surface area contributed by atoms with E-state index in [4.69, 9.17) is 5.90 Å². The maximum Gasteiger partial charge on any atom is 0.326 e. The van der Waals surface area contributed by atoms with Crippen molar-refractivity contribution in [3.63, 3.8) is 0 Å². The molecule has 0 aliphatic heterocycles. The van der Waals surface area contributed by atoms with Crippen LogP contribution in [0.4, 0.5) is 0 Å². The van der Waals surface area contributed by atoms with Crippen molar-refractivity contribution in [2.24, 2.45) is 5.90 Å². The molecule has 0 fully saturated rings. The summed E-state index contributed by atoms with van der Waals surface area (Å²) >= 11 is 0. The minimum absolute atomic E-state index is 0.283. The monoisotopic (exact) mass is 179 g/mol. The smallest absolute Gasteiger partial charge is 0.326 e. The summed E-state index contributed by atoms with van der Waals surface area (Å²) in [6.45, 7) is 0.283. The summed E-state index contributed by atoms with van der Waals surface area (Å²) in [4.78, 5) is 15.5. The molecular formula is C8H10BNO3. The molecule has 1 rings (SSSR count).